The summed E-state index contributed by atoms with van der Waals surface area (Å²) >= 11 is 0. The number of aryl methyl sites for hydroxylation is 2. The summed E-state index contributed by atoms with van der Waals surface area (Å²) in [6, 6.07) is 5.95. The predicted molar refractivity (Wildman–Crippen MR) is 108 cm³/mol. The molecule has 1 aromatic carbocycles. The van der Waals surface area contributed by atoms with E-state index in [0.29, 0.717) is 37.8 Å². The van der Waals surface area contributed by atoms with E-state index < -0.39 is 0 Å². The molecule has 1 aliphatic carbocycles. The minimum Gasteiger partial charge on any atom is -0.339 e. The number of nitrogens with zero attached hydrogens (tertiary/aromatic N) is 4. The molecule has 1 aliphatic heterocycles. The molecule has 0 radical (unpaired) electrons. The van der Waals surface area contributed by atoms with Gasteiger partial charge in [-0.25, -0.2) is 0 Å². The van der Waals surface area contributed by atoms with Crippen molar-refractivity contribution >= 4 is 11.8 Å². The second-order valence-electron chi connectivity index (χ2n) is 8.36. The lowest BCUT2D eigenvalue weighted by Gasteiger charge is -2.27. The summed E-state index contributed by atoms with van der Waals surface area (Å²) in [4.78, 5) is 33.4. The molecule has 7 heteroatoms. The maximum absolute atomic E-state index is 12.9. The Morgan fingerprint density at radius 1 is 1.17 bits per heavy atom. The van der Waals surface area contributed by atoms with Crippen LogP contribution < -0.4 is 0 Å². The van der Waals surface area contributed by atoms with Gasteiger partial charge in [0.25, 0.3) is 5.91 Å². The van der Waals surface area contributed by atoms with Crippen LogP contribution in [0, 0.1) is 13.8 Å². The van der Waals surface area contributed by atoms with Crippen molar-refractivity contribution in [3.63, 3.8) is 0 Å². The number of rotatable bonds is 6. The van der Waals surface area contributed by atoms with E-state index in [0.717, 1.165) is 41.8 Å². The van der Waals surface area contributed by atoms with Gasteiger partial charge in [-0.1, -0.05) is 22.3 Å². The number of aromatic nitrogens is 2. The van der Waals surface area contributed by atoms with Gasteiger partial charge < -0.3 is 14.3 Å². The van der Waals surface area contributed by atoms with Crippen LogP contribution in [0.2, 0.25) is 0 Å². The summed E-state index contributed by atoms with van der Waals surface area (Å²) in [6.07, 6.45) is 3.59. The lowest BCUT2D eigenvalue weighted by Crippen LogP contribution is -2.42. The van der Waals surface area contributed by atoms with Crippen molar-refractivity contribution in [1.29, 1.82) is 0 Å². The Hall–Kier alpha value is -2.70. The molecule has 154 valence electrons. The summed E-state index contributed by atoms with van der Waals surface area (Å²) in [5, 5.41) is 4.05. The van der Waals surface area contributed by atoms with Gasteiger partial charge in [-0.3, -0.25) is 9.59 Å². The molecule has 1 aromatic heterocycles. The van der Waals surface area contributed by atoms with E-state index in [1.54, 1.807) is 6.92 Å². The molecule has 2 amide bonds. The first kappa shape index (κ1) is 19.6. The fourth-order valence-electron chi connectivity index (χ4n) is 4.14. The number of hydrogen-bond acceptors (Lipinski definition) is 5. The molecule has 1 unspecified atom stereocenters. The molecule has 1 saturated heterocycles. The number of likely N-dealkylation sites (tertiary alicyclic amines) is 1. The normalized spacial score (nSPS) is 18.9. The molecule has 4 rings (SSSR count). The van der Waals surface area contributed by atoms with Gasteiger partial charge >= 0.3 is 0 Å². The third-order valence-electron chi connectivity index (χ3n) is 5.75. The van der Waals surface area contributed by atoms with Crippen LogP contribution in [0.4, 0.5) is 0 Å². The van der Waals surface area contributed by atoms with Gasteiger partial charge in [-0.05, 0) is 45.2 Å². The van der Waals surface area contributed by atoms with Gasteiger partial charge in [-0.2, -0.15) is 4.98 Å². The maximum Gasteiger partial charge on any atom is 0.253 e. The van der Waals surface area contributed by atoms with Gasteiger partial charge in [0.1, 0.15) is 0 Å². The number of benzene rings is 1. The van der Waals surface area contributed by atoms with Crippen molar-refractivity contribution in [2.45, 2.75) is 58.4 Å². The van der Waals surface area contributed by atoms with Crippen LogP contribution in [0.25, 0.3) is 0 Å². The quantitative estimate of drug-likeness (QED) is 0.750. The van der Waals surface area contributed by atoms with E-state index in [1.807, 2.05) is 35.8 Å². The maximum atomic E-state index is 12.9. The third kappa shape index (κ3) is 4.49. The molecule has 1 saturated carbocycles. The molecule has 7 nitrogen and oxygen atoms in total. The van der Waals surface area contributed by atoms with E-state index in [4.69, 9.17) is 4.52 Å². The molecular formula is C22H28N4O3. The minimum absolute atomic E-state index is 0.0154. The Balaban J connectivity index is 1.38. The molecule has 29 heavy (non-hydrogen) atoms. The van der Waals surface area contributed by atoms with Crippen LogP contribution >= 0.6 is 0 Å². The summed E-state index contributed by atoms with van der Waals surface area (Å²) in [6.45, 7) is 7.34. The zero-order valence-electron chi connectivity index (χ0n) is 17.4. The Kier molecular flexibility index (Phi) is 5.39. The molecule has 0 N–H and O–H groups in total. The molecule has 2 aromatic rings. The average Bonchev–Trinajstić information content (AvgIpc) is 3.21. The van der Waals surface area contributed by atoms with Crippen LogP contribution in [0.15, 0.2) is 22.7 Å². The smallest absolute Gasteiger partial charge is 0.253 e. The molecule has 0 spiro atoms. The standard InChI is InChI=1S/C22H28N4O3/c1-14-10-15(2)12-18(11-14)22(28)25-8-6-19(13-25)26(16(3)27)9-7-20-23-21(29-24-20)17-4-5-17/h10-12,17,19H,4-9,13H2,1-3H3. The number of amides is 2. The Labute approximate surface area is 171 Å². The van der Waals surface area contributed by atoms with Crippen molar-refractivity contribution in [2.75, 3.05) is 19.6 Å². The summed E-state index contributed by atoms with van der Waals surface area (Å²) < 4.78 is 5.31. The third-order valence-corrected chi connectivity index (χ3v) is 5.75. The molecular weight excluding hydrogens is 368 g/mol. The molecule has 2 fully saturated rings. The van der Waals surface area contributed by atoms with E-state index in [2.05, 4.69) is 16.2 Å². The van der Waals surface area contributed by atoms with Crippen LogP contribution in [-0.2, 0) is 11.2 Å². The van der Waals surface area contributed by atoms with Gasteiger partial charge in [0.05, 0.1) is 6.04 Å². The minimum atomic E-state index is 0.0154. The summed E-state index contributed by atoms with van der Waals surface area (Å²) in [5.74, 6) is 1.86. The van der Waals surface area contributed by atoms with Crippen molar-refractivity contribution in [3.8, 4) is 0 Å². The van der Waals surface area contributed by atoms with Crippen molar-refractivity contribution in [3.05, 3.63) is 46.6 Å². The van der Waals surface area contributed by atoms with Crippen LogP contribution in [0.5, 0.6) is 0 Å². The van der Waals surface area contributed by atoms with E-state index >= 15 is 0 Å². The van der Waals surface area contributed by atoms with Crippen LogP contribution in [0.1, 0.15) is 65.3 Å². The zero-order valence-corrected chi connectivity index (χ0v) is 17.4. The van der Waals surface area contributed by atoms with Crippen molar-refractivity contribution < 1.29 is 14.1 Å². The monoisotopic (exact) mass is 396 g/mol. The first-order valence-electron chi connectivity index (χ1n) is 10.4. The van der Waals surface area contributed by atoms with Crippen LogP contribution in [0.3, 0.4) is 0 Å². The Bertz CT molecular complexity index is 898. The van der Waals surface area contributed by atoms with E-state index in [1.165, 1.54) is 0 Å². The Morgan fingerprint density at radius 3 is 2.55 bits per heavy atom. The fraction of sp³-hybridized carbons (Fsp3) is 0.545. The Morgan fingerprint density at radius 2 is 1.90 bits per heavy atom. The van der Waals surface area contributed by atoms with E-state index in [-0.39, 0.29) is 17.9 Å². The topological polar surface area (TPSA) is 79.5 Å². The average molecular weight is 396 g/mol. The molecule has 1 atom stereocenters. The lowest BCUT2D eigenvalue weighted by molar-refractivity contribution is -0.130. The summed E-state index contributed by atoms with van der Waals surface area (Å²) in [5.41, 5.74) is 2.89. The highest BCUT2D eigenvalue weighted by atomic mass is 16.5. The number of carbonyl (C=O) groups excluding carboxylic acids is 2. The second-order valence-corrected chi connectivity index (χ2v) is 8.36. The second kappa shape index (κ2) is 7.97. The van der Waals surface area contributed by atoms with Gasteiger partial charge in [0, 0.05) is 44.5 Å². The van der Waals surface area contributed by atoms with Gasteiger partial charge in [0.15, 0.2) is 5.82 Å². The first-order chi connectivity index (χ1) is 13.9. The molecule has 2 aliphatic rings. The number of hydrogen-bond donors (Lipinski definition) is 0. The number of carbonyl (C=O) groups is 2. The predicted octanol–water partition coefficient (Wildman–Crippen LogP) is 2.87. The van der Waals surface area contributed by atoms with E-state index in [9.17, 15) is 9.59 Å². The SMILES string of the molecule is CC(=O)N(CCc1noc(C2CC2)n1)C1CCN(C(=O)c2cc(C)cc(C)c2)C1. The first-order valence-corrected chi connectivity index (χ1v) is 10.4. The summed E-state index contributed by atoms with van der Waals surface area (Å²) in [7, 11) is 0. The van der Waals surface area contributed by atoms with Crippen molar-refractivity contribution in [1.82, 2.24) is 19.9 Å². The van der Waals surface area contributed by atoms with Crippen LogP contribution in [-0.4, -0.2) is 57.4 Å². The highest BCUT2D eigenvalue weighted by molar-refractivity contribution is 5.95. The zero-order chi connectivity index (χ0) is 20.5. The van der Waals surface area contributed by atoms with Gasteiger partial charge in [0.2, 0.25) is 11.8 Å². The lowest BCUT2D eigenvalue weighted by atomic mass is 10.1. The molecule has 2 heterocycles. The fourth-order valence-corrected chi connectivity index (χ4v) is 4.14. The van der Waals surface area contributed by atoms with Gasteiger partial charge in [-0.15, -0.1) is 0 Å². The largest absolute Gasteiger partial charge is 0.339 e. The highest BCUT2D eigenvalue weighted by Crippen LogP contribution is 2.38. The highest BCUT2D eigenvalue weighted by Gasteiger charge is 2.33. The molecule has 0 bridgehead atoms. The van der Waals surface area contributed by atoms with Crippen molar-refractivity contribution in [2.24, 2.45) is 0 Å².